The minimum atomic E-state index is 0.389. The van der Waals surface area contributed by atoms with Gasteiger partial charge in [-0.1, -0.05) is 6.92 Å². The summed E-state index contributed by atoms with van der Waals surface area (Å²) < 4.78 is 0. The molecule has 2 aliphatic heterocycles. The zero-order chi connectivity index (χ0) is 13.4. The van der Waals surface area contributed by atoms with Gasteiger partial charge >= 0.3 is 0 Å². The fraction of sp³-hybridized carbons (Fsp3) is 0.786. The molecule has 1 aromatic heterocycles. The molecule has 19 heavy (non-hydrogen) atoms. The molecule has 3 rings (SSSR count). The number of piperidine rings is 1. The molecule has 1 aromatic rings. The first-order valence-electron chi connectivity index (χ1n) is 7.39. The molecule has 0 aliphatic carbocycles. The van der Waals surface area contributed by atoms with Gasteiger partial charge in [0.1, 0.15) is 11.6 Å². The number of fused-ring (bicyclic) bond motifs is 2. The number of nitrogen functional groups attached to an aromatic ring is 1. The zero-order valence-electron chi connectivity index (χ0n) is 11.8. The van der Waals surface area contributed by atoms with Crippen molar-refractivity contribution in [3.8, 4) is 0 Å². The predicted octanol–water partition coefficient (Wildman–Crippen LogP) is 1.75. The number of rotatable bonds is 3. The summed E-state index contributed by atoms with van der Waals surface area (Å²) in [5, 5.41) is 0. The number of aromatic nitrogens is 3. The van der Waals surface area contributed by atoms with Crippen molar-refractivity contribution in [2.45, 2.75) is 63.5 Å². The van der Waals surface area contributed by atoms with Crippen molar-refractivity contribution in [3.05, 3.63) is 11.6 Å². The lowest BCUT2D eigenvalue weighted by Crippen LogP contribution is -2.39. The molecular formula is C14H23N5. The van der Waals surface area contributed by atoms with E-state index < -0.39 is 0 Å². The van der Waals surface area contributed by atoms with Crippen LogP contribution < -0.4 is 5.73 Å². The van der Waals surface area contributed by atoms with Crippen LogP contribution in [0.25, 0.3) is 0 Å². The van der Waals surface area contributed by atoms with Crippen molar-refractivity contribution in [2.75, 3.05) is 12.8 Å². The lowest BCUT2D eigenvalue weighted by molar-refractivity contribution is 0.158. The quantitative estimate of drug-likeness (QED) is 0.897. The summed E-state index contributed by atoms with van der Waals surface area (Å²) in [6.45, 7) is 2.13. The maximum absolute atomic E-state index is 5.84. The van der Waals surface area contributed by atoms with Crippen LogP contribution in [0.1, 0.15) is 56.6 Å². The Bertz CT molecular complexity index is 447. The molecule has 2 bridgehead atoms. The van der Waals surface area contributed by atoms with Crippen molar-refractivity contribution in [1.29, 1.82) is 0 Å². The molecule has 0 aromatic carbocycles. The summed E-state index contributed by atoms with van der Waals surface area (Å²) in [6, 6.07) is 1.41. The molecule has 0 saturated carbocycles. The summed E-state index contributed by atoms with van der Waals surface area (Å²) in [6.07, 6.45) is 6.91. The molecule has 2 N–H and O–H groups in total. The molecule has 0 spiro atoms. The van der Waals surface area contributed by atoms with Crippen LogP contribution in [0.5, 0.6) is 0 Å². The molecule has 2 aliphatic rings. The lowest BCUT2D eigenvalue weighted by Gasteiger charge is -2.35. The lowest BCUT2D eigenvalue weighted by atomic mass is 9.90. The topological polar surface area (TPSA) is 67.9 Å². The molecule has 104 valence electrons. The van der Waals surface area contributed by atoms with Crippen LogP contribution in [-0.2, 0) is 6.42 Å². The second kappa shape index (κ2) is 5.04. The van der Waals surface area contributed by atoms with Crippen LogP contribution in [0, 0.1) is 0 Å². The highest BCUT2D eigenvalue weighted by molar-refractivity contribution is 5.19. The maximum Gasteiger partial charge on any atom is 0.223 e. The van der Waals surface area contributed by atoms with Crippen LogP contribution >= 0.6 is 0 Å². The first-order chi connectivity index (χ1) is 9.17. The minimum Gasteiger partial charge on any atom is -0.368 e. The first-order valence-corrected chi connectivity index (χ1v) is 7.39. The first kappa shape index (κ1) is 12.8. The Labute approximate surface area is 114 Å². The number of aryl methyl sites for hydroxylation is 1. The third-order valence-electron chi connectivity index (χ3n) is 4.65. The van der Waals surface area contributed by atoms with Gasteiger partial charge < -0.3 is 10.6 Å². The highest BCUT2D eigenvalue weighted by Gasteiger charge is 2.39. The van der Waals surface area contributed by atoms with Gasteiger partial charge in [0.2, 0.25) is 5.95 Å². The molecule has 2 saturated heterocycles. The SMILES string of the molecule is CCCc1nc(N)nc(C2CC3CCC(C2)N3C)n1. The molecule has 2 fully saturated rings. The van der Waals surface area contributed by atoms with Gasteiger partial charge in [-0.25, -0.2) is 4.98 Å². The Balaban J connectivity index is 1.82. The van der Waals surface area contributed by atoms with Crippen LogP contribution in [0.3, 0.4) is 0 Å². The summed E-state index contributed by atoms with van der Waals surface area (Å²) in [5.41, 5.74) is 5.84. The minimum absolute atomic E-state index is 0.389. The summed E-state index contributed by atoms with van der Waals surface area (Å²) >= 11 is 0. The van der Waals surface area contributed by atoms with Crippen LogP contribution in [0.15, 0.2) is 0 Å². The second-order valence-electron chi connectivity index (χ2n) is 5.94. The molecule has 0 amide bonds. The van der Waals surface area contributed by atoms with Crippen LogP contribution in [0.4, 0.5) is 5.95 Å². The highest BCUT2D eigenvalue weighted by Crippen LogP contribution is 2.41. The van der Waals surface area contributed by atoms with Crippen LogP contribution in [-0.4, -0.2) is 39.0 Å². The standard InChI is InChI=1S/C14H23N5/c1-3-4-12-16-13(18-14(15)17-12)9-7-10-5-6-11(8-9)19(10)2/h9-11H,3-8H2,1-2H3,(H2,15,16,17,18). The number of hydrogen-bond donors (Lipinski definition) is 1. The van der Waals surface area contributed by atoms with E-state index in [4.69, 9.17) is 5.73 Å². The van der Waals surface area contributed by atoms with E-state index in [2.05, 4.69) is 33.8 Å². The fourth-order valence-electron chi connectivity index (χ4n) is 3.60. The zero-order valence-corrected chi connectivity index (χ0v) is 11.8. The van der Waals surface area contributed by atoms with Gasteiger partial charge in [0.25, 0.3) is 0 Å². The Morgan fingerprint density at radius 3 is 2.47 bits per heavy atom. The number of nitrogens with zero attached hydrogens (tertiary/aromatic N) is 4. The van der Waals surface area contributed by atoms with Gasteiger partial charge in [-0.3, -0.25) is 0 Å². The largest absolute Gasteiger partial charge is 0.368 e. The molecule has 3 heterocycles. The van der Waals surface area contributed by atoms with Gasteiger partial charge in [-0.2, -0.15) is 9.97 Å². The van der Waals surface area contributed by atoms with Gasteiger partial charge in [0, 0.05) is 24.4 Å². The van der Waals surface area contributed by atoms with E-state index in [1.165, 1.54) is 25.7 Å². The molecule has 5 nitrogen and oxygen atoms in total. The van der Waals surface area contributed by atoms with Gasteiger partial charge in [0.15, 0.2) is 0 Å². The molecule has 5 heteroatoms. The molecule has 2 atom stereocenters. The average molecular weight is 261 g/mol. The summed E-state index contributed by atoms with van der Waals surface area (Å²) in [7, 11) is 2.25. The predicted molar refractivity (Wildman–Crippen MR) is 74.8 cm³/mol. The third kappa shape index (κ3) is 2.43. The molecule has 2 unspecified atom stereocenters. The van der Waals surface area contributed by atoms with E-state index in [1.54, 1.807) is 0 Å². The molecular weight excluding hydrogens is 238 g/mol. The third-order valence-corrected chi connectivity index (χ3v) is 4.65. The van der Waals surface area contributed by atoms with Crippen molar-refractivity contribution < 1.29 is 0 Å². The Morgan fingerprint density at radius 2 is 1.84 bits per heavy atom. The van der Waals surface area contributed by atoms with Crippen molar-refractivity contribution in [3.63, 3.8) is 0 Å². The van der Waals surface area contributed by atoms with Gasteiger partial charge in [-0.05, 0) is 39.2 Å². The fourth-order valence-corrected chi connectivity index (χ4v) is 3.60. The summed E-state index contributed by atoms with van der Waals surface area (Å²) in [4.78, 5) is 15.8. The van der Waals surface area contributed by atoms with E-state index in [9.17, 15) is 0 Å². The van der Waals surface area contributed by atoms with Crippen LogP contribution in [0.2, 0.25) is 0 Å². The maximum atomic E-state index is 5.84. The van der Waals surface area contributed by atoms with Crippen molar-refractivity contribution >= 4 is 5.95 Å². The second-order valence-corrected chi connectivity index (χ2v) is 5.94. The summed E-state index contributed by atoms with van der Waals surface area (Å²) in [5.74, 6) is 2.64. The number of hydrogen-bond acceptors (Lipinski definition) is 5. The van der Waals surface area contributed by atoms with E-state index in [0.29, 0.717) is 23.9 Å². The highest BCUT2D eigenvalue weighted by atomic mass is 15.2. The normalized spacial score (nSPS) is 30.7. The molecule has 0 radical (unpaired) electrons. The van der Waals surface area contributed by atoms with E-state index in [-0.39, 0.29) is 0 Å². The van der Waals surface area contributed by atoms with E-state index in [1.807, 2.05) is 0 Å². The Hall–Kier alpha value is -1.23. The van der Waals surface area contributed by atoms with E-state index >= 15 is 0 Å². The number of anilines is 1. The van der Waals surface area contributed by atoms with Crippen molar-refractivity contribution in [1.82, 2.24) is 19.9 Å². The average Bonchev–Trinajstić information content (AvgIpc) is 2.62. The van der Waals surface area contributed by atoms with Crippen molar-refractivity contribution in [2.24, 2.45) is 0 Å². The van der Waals surface area contributed by atoms with E-state index in [0.717, 1.165) is 24.5 Å². The smallest absolute Gasteiger partial charge is 0.223 e. The monoisotopic (exact) mass is 261 g/mol. The number of nitrogens with two attached hydrogens (primary N) is 1. The Morgan fingerprint density at radius 1 is 1.16 bits per heavy atom. The van der Waals surface area contributed by atoms with Gasteiger partial charge in [0.05, 0.1) is 0 Å². The van der Waals surface area contributed by atoms with Gasteiger partial charge in [-0.15, -0.1) is 0 Å². The Kier molecular flexibility index (Phi) is 3.39.